The van der Waals surface area contributed by atoms with Crippen molar-refractivity contribution in [3.05, 3.63) is 0 Å². The van der Waals surface area contributed by atoms with Crippen molar-refractivity contribution < 1.29 is 86.4 Å². The quantitative estimate of drug-likeness (QED) is 0.0404. The van der Waals surface area contributed by atoms with E-state index in [1.807, 2.05) is 0 Å². The van der Waals surface area contributed by atoms with Gasteiger partial charge in [-0.15, -0.1) is 0 Å². The van der Waals surface area contributed by atoms with Crippen molar-refractivity contribution in [2.75, 3.05) is 0 Å². The van der Waals surface area contributed by atoms with Crippen LogP contribution in [0.3, 0.4) is 0 Å². The van der Waals surface area contributed by atoms with E-state index in [4.69, 9.17) is 0 Å². The average molecular weight is 1250 g/mol. The van der Waals surface area contributed by atoms with Crippen molar-refractivity contribution in [3.63, 3.8) is 0 Å². The molecule has 0 saturated heterocycles. The van der Waals surface area contributed by atoms with Crippen molar-refractivity contribution in [2.45, 2.75) is 408 Å². The van der Waals surface area contributed by atoms with Crippen LogP contribution in [0.25, 0.3) is 0 Å². The molecule has 0 amide bonds. The van der Waals surface area contributed by atoms with Crippen LogP contribution in [-0.2, 0) is 50.6 Å². The Balaban J connectivity index is -0.000000135. The molecule has 1 radical (unpaired) electrons. The summed E-state index contributed by atoms with van der Waals surface area (Å²) in [7, 11) is 0. The Morgan fingerprint density at radius 3 is 0.294 bits per heavy atom. The van der Waals surface area contributed by atoms with Gasteiger partial charge in [0.15, 0.2) is 0 Å². The molecule has 511 valence electrons. The number of unbranched alkanes of at least 4 members (excludes halogenated alkanes) is 42. The Labute approximate surface area is 533 Å². The first-order valence-electron chi connectivity index (χ1n) is 34.8. The molecular weight excluding hydrogens is 1120 g/mol. The van der Waals surface area contributed by atoms with Crippen molar-refractivity contribution in [3.8, 4) is 0 Å². The van der Waals surface area contributed by atoms with E-state index in [0.717, 1.165) is 89.9 Å². The molecule has 0 aromatic carbocycles. The molecule has 0 aliphatic rings. The van der Waals surface area contributed by atoms with Gasteiger partial charge in [0.25, 0.3) is 0 Å². The topological polar surface area (TPSA) is 281 Å². The molecule has 0 aromatic rings. The zero-order valence-electron chi connectivity index (χ0n) is 56.2. The van der Waals surface area contributed by atoms with Crippen molar-refractivity contribution in [2.24, 2.45) is 0 Å². The number of aliphatic carboxylic acids is 7. The second kappa shape index (κ2) is 94.5. The Bertz CT molecular complexity index is 1060. The first-order chi connectivity index (χ1) is 40.4. The van der Waals surface area contributed by atoms with Crippen LogP contribution >= 0.6 is 0 Å². The number of carboxylic acids is 7. The third kappa shape index (κ3) is 140. The Hall–Kier alpha value is -3.19. The van der Waals surface area contributed by atoms with Gasteiger partial charge in [0.1, 0.15) is 0 Å². The Morgan fingerprint density at radius 1 is 0.153 bits per heavy atom. The van der Waals surface area contributed by atoms with Gasteiger partial charge in [0, 0.05) is 58.9 Å². The van der Waals surface area contributed by atoms with E-state index in [1.54, 1.807) is 0 Å². The summed E-state index contributed by atoms with van der Waals surface area (Å²) < 4.78 is 0. The molecule has 0 heterocycles. The molecule has 0 aliphatic heterocycles. The molecule has 85 heavy (non-hydrogen) atoms. The van der Waals surface area contributed by atoms with Crippen LogP contribution in [-0.4, -0.2) is 41.8 Å². The third-order valence-electron chi connectivity index (χ3n) is 13.9. The number of carboxylic acid groups (broad SMARTS) is 7. The predicted octanol–water partition coefficient (Wildman–Crippen LogP) is 13.1. The summed E-state index contributed by atoms with van der Waals surface area (Å²) in [6.07, 6.45) is 58.4. The van der Waals surface area contributed by atoms with Gasteiger partial charge in [0.05, 0.1) is 0 Å². The first-order valence-corrected chi connectivity index (χ1v) is 34.8. The number of hydrogen-bond acceptors (Lipinski definition) is 14. The molecule has 0 N–H and O–H groups in total. The van der Waals surface area contributed by atoms with E-state index in [2.05, 4.69) is 48.5 Å². The molecule has 0 saturated carbocycles. The Kier molecular flexibility index (Phi) is 109. The third-order valence-corrected chi connectivity index (χ3v) is 13.9. The minimum Gasteiger partial charge on any atom is -0.550 e. The van der Waals surface area contributed by atoms with Gasteiger partial charge in [-0.05, 0) is 89.9 Å². The fourth-order valence-electron chi connectivity index (χ4n) is 8.59. The van der Waals surface area contributed by atoms with Crippen molar-refractivity contribution >= 4 is 41.8 Å². The van der Waals surface area contributed by atoms with Crippen LogP contribution < -0.4 is 35.7 Å². The van der Waals surface area contributed by atoms with E-state index in [0.29, 0.717) is 0 Å². The summed E-state index contributed by atoms with van der Waals surface area (Å²) in [5.74, 6) is -6.39. The molecule has 0 aliphatic carbocycles. The summed E-state index contributed by atoms with van der Waals surface area (Å²) in [6, 6.07) is 0. The monoisotopic (exact) mass is 1250 g/mol. The summed E-state index contributed by atoms with van der Waals surface area (Å²) in [4.78, 5) is 70.2. The van der Waals surface area contributed by atoms with Crippen LogP contribution in [0.4, 0.5) is 0 Å². The van der Waals surface area contributed by atoms with Crippen molar-refractivity contribution in [1.82, 2.24) is 0 Å². The van der Waals surface area contributed by atoms with Crippen LogP contribution in [0.15, 0.2) is 0 Å². The van der Waals surface area contributed by atoms with Crippen LogP contribution in [0.1, 0.15) is 408 Å². The van der Waals surface area contributed by atoms with Gasteiger partial charge >= 0.3 is 0 Å². The number of carbonyl (C=O) groups excluding carboxylic acids is 7. The first kappa shape index (κ1) is 98.1. The summed E-state index contributed by atoms with van der Waals surface area (Å²) in [5, 5.41) is 70.2. The van der Waals surface area contributed by atoms with Gasteiger partial charge in [-0.2, -0.15) is 0 Å². The standard InChI is InChI=1S/7C10H20O2.Mn/c7*1-2-3-4-5-6-7-8-9-10(11)12;/h7*2-9H2,1H3,(H,11,12);/p-7. The zero-order chi connectivity index (χ0) is 64.6. The number of rotatable bonds is 56. The molecular formula is C70H133MnO14-7. The van der Waals surface area contributed by atoms with Crippen molar-refractivity contribution in [1.29, 1.82) is 0 Å². The molecule has 0 bridgehead atoms. The second-order valence-electron chi connectivity index (χ2n) is 22.7. The molecule has 0 fully saturated rings. The van der Waals surface area contributed by atoms with Gasteiger partial charge in [-0.3, -0.25) is 0 Å². The maximum atomic E-state index is 10.0. The van der Waals surface area contributed by atoms with Gasteiger partial charge < -0.3 is 69.3 Å². The minimum absolute atomic E-state index is 0. The summed E-state index contributed by atoms with van der Waals surface area (Å²) in [5.41, 5.74) is 0. The van der Waals surface area contributed by atoms with E-state index in [9.17, 15) is 69.3 Å². The fraction of sp³-hybridized carbons (Fsp3) is 0.900. The van der Waals surface area contributed by atoms with Crippen LogP contribution in [0.5, 0.6) is 0 Å². The summed E-state index contributed by atoms with van der Waals surface area (Å²) >= 11 is 0. The molecule has 0 spiro atoms. The average Bonchev–Trinajstić information content (AvgIpc) is 3.44. The summed E-state index contributed by atoms with van der Waals surface area (Å²) in [6.45, 7) is 15.3. The van der Waals surface area contributed by atoms with E-state index >= 15 is 0 Å². The molecule has 0 rings (SSSR count). The molecule has 0 aromatic heterocycles. The van der Waals surface area contributed by atoms with E-state index in [1.165, 1.54) is 225 Å². The SMILES string of the molecule is CCCCCCCCCC(=O)[O-].CCCCCCCCCC(=O)[O-].CCCCCCCCCC(=O)[O-].CCCCCCCCCC(=O)[O-].CCCCCCCCCC(=O)[O-].CCCCCCCCCC(=O)[O-].CCCCCCCCCC(=O)[O-].[Mn]. The van der Waals surface area contributed by atoms with Crippen LogP contribution in [0, 0.1) is 0 Å². The van der Waals surface area contributed by atoms with Gasteiger partial charge in [0.2, 0.25) is 0 Å². The minimum atomic E-state index is -0.913. The number of hydrogen-bond donors (Lipinski definition) is 0. The molecule has 14 nitrogen and oxygen atoms in total. The van der Waals surface area contributed by atoms with Gasteiger partial charge in [-0.25, -0.2) is 0 Å². The fourth-order valence-corrected chi connectivity index (χ4v) is 8.59. The maximum absolute atomic E-state index is 10.0. The zero-order valence-corrected chi connectivity index (χ0v) is 57.4. The van der Waals surface area contributed by atoms with E-state index < -0.39 is 41.8 Å². The Morgan fingerprint density at radius 2 is 0.224 bits per heavy atom. The molecule has 0 atom stereocenters. The van der Waals surface area contributed by atoms with Crippen LogP contribution in [0.2, 0.25) is 0 Å². The molecule has 15 heteroatoms. The molecule has 0 unspecified atom stereocenters. The normalized spacial score (nSPS) is 9.96. The van der Waals surface area contributed by atoms with E-state index in [-0.39, 0.29) is 62.0 Å². The largest absolute Gasteiger partial charge is 0.550 e. The number of carbonyl (C=O) groups is 7. The van der Waals surface area contributed by atoms with Gasteiger partial charge in [-0.1, -0.05) is 318 Å². The second-order valence-corrected chi connectivity index (χ2v) is 22.7. The smallest absolute Gasteiger partial charge is 0.0414 e. The maximum Gasteiger partial charge on any atom is 0.0414 e. The predicted molar refractivity (Wildman–Crippen MR) is 333 cm³/mol.